The van der Waals surface area contributed by atoms with Crippen molar-refractivity contribution >= 4 is 44.9 Å². The summed E-state index contributed by atoms with van der Waals surface area (Å²) in [4.78, 5) is 35.1. The summed E-state index contributed by atoms with van der Waals surface area (Å²) in [5.41, 5.74) is 11.5. The zero-order chi connectivity index (χ0) is 27.7. The number of nitrogens with two attached hydrogens (primary N) is 1. The third kappa shape index (κ3) is 5.71. The van der Waals surface area contributed by atoms with Crippen LogP contribution in [0.25, 0.3) is 0 Å². The number of nitrogens with one attached hydrogen (secondary N) is 1. The maximum Gasteiger partial charge on any atom is 0.268 e. The first-order valence-electron chi connectivity index (χ1n) is 13.0. The molecule has 3 atom stereocenters. The smallest absolute Gasteiger partial charge is 0.268 e. The average molecular weight is 627 g/mol. The van der Waals surface area contributed by atoms with Gasteiger partial charge in [-0.05, 0) is 53.0 Å². The normalized spacial score (nSPS) is 18.3. The maximum atomic E-state index is 14.2. The highest BCUT2D eigenvalue weighted by molar-refractivity contribution is 9.11. The van der Waals surface area contributed by atoms with Crippen molar-refractivity contribution in [3.8, 4) is 0 Å². The fraction of sp³-hybridized carbons (Fsp3) is 0.345. The van der Waals surface area contributed by atoms with Crippen LogP contribution in [0.3, 0.4) is 0 Å². The van der Waals surface area contributed by atoms with E-state index in [0.29, 0.717) is 35.9 Å². The van der Waals surface area contributed by atoms with Crippen molar-refractivity contribution in [2.24, 2.45) is 11.7 Å². The topological polar surface area (TPSA) is 93.2 Å². The van der Waals surface area contributed by atoms with Gasteiger partial charge in [-0.25, -0.2) is 10.4 Å². The number of hydrogen-bond donors (Lipinski definition) is 2. The van der Waals surface area contributed by atoms with Crippen LogP contribution in [0.2, 0.25) is 0 Å². The number of rotatable bonds is 9. The Labute approximate surface area is 245 Å². The number of fused-ring (bicyclic) bond motifs is 3. The Bertz CT molecular complexity index is 1480. The lowest BCUT2D eigenvalue weighted by Crippen LogP contribution is -2.50. The molecule has 0 saturated heterocycles. The van der Waals surface area contributed by atoms with Crippen LogP contribution in [-0.2, 0) is 6.54 Å². The van der Waals surface area contributed by atoms with Crippen molar-refractivity contribution in [3.05, 3.63) is 102 Å². The van der Waals surface area contributed by atoms with Gasteiger partial charge in [0.1, 0.15) is 11.9 Å². The van der Waals surface area contributed by atoms with E-state index in [9.17, 15) is 9.59 Å². The number of hydrogen-bond acceptors (Lipinski definition) is 7. The number of allylic oxidation sites excluding steroid dienone is 3. The van der Waals surface area contributed by atoms with Crippen molar-refractivity contribution in [3.63, 3.8) is 0 Å². The van der Waals surface area contributed by atoms with Gasteiger partial charge in [0.2, 0.25) is 0 Å². The van der Waals surface area contributed by atoms with Gasteiger partial charge in [0.15, 0.2) is 0 Å². The van der Waals surface area contributed by atoms with E-state index in [2.05, 4.69) is 47.4 Å². The van der Waals surface area contributed by atoms with E-state index >= 15 is 0 Å². The van der Waals surface area contributed by atoms with Crippen LogP contribution < -0.4 is 16.7 Å². The molecule has 3 aromatic rings. The summed E-state index contributed by atoms with van der Waals surface area (Å²) in [6, 6.07) is 11.0. The number of amides is 1. The average Bonchev–Trinajstić information content (AvgIpc) is 3.51. The lowest BCUT2D eigenvalue weighted by Gasteiger charge is -2.35. The van der Waals surface area contributed by atoms with Gasteiger partial charge < -0.3 is 5.73 Å². The molecule has 2 aliphatic rings. The molecule has 7 nitrogen and oxygen atoms in total. The Balaban J connectivity index is 1.68. The first kappa shape index (κ1) is 28.0. The molecule has 3 unspecified atom stereocenters. The Morgan fingerprint density at radius 3 is 2.59 bits per heavy atom. The first-order chi connectivity index (χ1) is 18.8. The molecule has 0 radical (unpaired) electrons. The van der Waals surface area contributed by atoms with Crippen molar-refractivity contribution in [1.29, 1.82) is 0 Å². The van der Waals surface area contributed by atoms with E-state index in [0.717, 1.165) is 19.9 Å². The summed E-state index contributed by atoms with van der Waals surface area (Å²) < 4.78 is 2.76. The molecule has 3 N–H and O–H groups in total. The molecule has 2 aromatic heterocycles. The number of aryl methyl sites for hydroxylation is 1. The van der Waals surface area contributed by atoms with Gasteiger partial charge in [0, 0.05) is 34.7 Å². The van der Waals surface area contributed by atoms with Crippen LogP contribution >= 0.6 is 39.0 Å². The molecule has 0 saturated carbocycles. The highest BCUT2D eigenvalue weighted by atomic mass is 79.9. The standard InChI is InChI=1S/C29H32BrN5O2S2/c1-17(2)25(35(32-15-14-31)28(36)19-10-8-18(3)9-11-19)27-33-24-21-6-4-5-7-22(21)39-26(24)29(37)34(27)16-20-12-13-23(30)38-20/h4-13,17,21-22,25,32H,14-16,31H2,1-3H3. The summed E-state index contributed by atoms with van der Waals surface area (Å²) in [7, 11) is 0. The monoisotopic (exact) mass is 625 g/mol. The summed E-state index contributed by atoms with van der Waals surface area (Å²) in [6.45, 7) is 7.23. The van der Waals surface area contributed by atoms with Crippen molar-refractivity contribution in [2.45, 2.75) is 49.4 Å². The van der Waals surface area contributed by atoms with E-state index in [1.807, 2.05) is 55.5 Å². The number of aromatic nitrogens is 2. The number of carbonyl (C=O) groups is 1. The van der Waals surface area contributed by atoms with Gasteiger partial charge in [0.05, 0.1) is 20.9 Å². The Morgan fingerprint density at radius 2 is 1.92 bits per heavy atom. The van der Waals surface area contributed by atoms with Gasteiger partial charge in [-0.2, -0.15) is 0 Å². The summed E-state index contributed by atoms with van der Waals surface area (Å²) >= 11 is 6.72. The molecule has 39 heavy (non-hydrogen) atoms. The second-order valence-electron chi connectivity index (χ2n) is 10.1. The number of hydrazine groups is 1. The Morgan fingerprint density at radius 1 is 1.18 bits per heavy atom. The number of nitrogens with zero attached hydrogens (tertiary/aromatic N) is 3. The van der Waals surface area contributed by atoms with Crippen molar-refractivity contribution in [1.82, 2.24) is 20.0 Å². The molecule has 1 aromatic carbocycles. The largest absolute Gasteiger partial charge is 0.329 e. The molecule has 1 aliphatic carbocycles. The minimum absolute atomic E-state index is 0.0260. The summed E-state index contributed by atoms with van der Waals surface area (Å²) in [6.07, 6.45) is 8.29. The minimum atomic E-state index is -0.515. The number of halogens is 1. The van der Waals surface area contributed by atoms with E-state index in [1.54, 1.807) is 32.7 Å². The van der Waals surface area contributed by atoms with E-state index in [-0.39, 0.29) is 28.6 Å². The fourth-order valence-corrected chi connectivity index (χ4v) is 7.78. The van der Waals surface area contributed by atoms with Gasteiger partial charge in [-0.1, -0.05) is 55.8 Å². The fourth-order valence-electron chi connectivity index (χ4n) is 4.99. The molecule has 3 heterocycles. The van der Waals surface area contributed by atoms with Gasteiger partial charge in [-0.15, -0.1) is 23.1 Å². The van der Waals surface area contributed by atoms with Crippen LogP contribution in [0.15, 0.2) is 74.2 Å². The molecule has 0 bridgehead atoms. The molecule has 1 amide bonds. The minimum Gasteiger partial charge on any atom is -0.329 e. The number of thiophene rings is 1. The Kier molecular flexibility index (Phi) is 8.58. The van der Waals surface area contributed by atoms with Crippen LogP contribution in [-0.4, -0.2) is 38.8 Å². The molecule has 0 spiro atoms. The van der Waals surface area contributed by atoms with Crippen molar-refractivity contribution < 1.29 is 4.79 Å². The third-order valence-electron chi connectivity index (χ3n) is 6.90. The molecule has 204 valence electrons. The molecular formula is C29H32BrN5O2S2. The summed E-state index contributed by atoms with van der Waals surface area (Å²) in [5.74, 6) is 0.364. The molecular weight excluding hydrogens is 594 g/mol. The van der Waals surface area contributed by atoms with E-state index < -0.39 is 6.04 Å². The lowest BCUT2D eigenvalue weighted by molar-refractivity contribution is 0.0440. The zero-order valence-electron chi connectivity index (χ0n) is 22.1. The third-order valence-corrected chi connectivity index (χ3v) is 9.85. The Hall–Kier alpha value is -2.50. The first-order valence-corrected chi connectivity index (χ1v) is 15.5. The summed E-state index contributed by atoms with van der Waals surface area (Å²) in [5, 5.41) is 1.77. The second-order valence-corrected chi connectivity index (χ2v) is 13.8. The molecule has 5 rings (SSSR count). The highest BCUT2D eigenvalue weighted by Crippen LogP contribution is 2.46. The number of benzene rings is 1. The molecule has 10 heteroatoms. The second kappa shape index (κ2) is 11.9. The van der Waals surface area contributed by atoms with Crippen LogP contribution in [0.5, 0.6) is 0 Å². The van der Waals surface area contributed by atoms with Crippen molar-refractivity contribution in [2.75, 3.05) is 13.1 Å². The maximum absolute atomic E-state index is 14.2. The van der Waals surface area contributed by atoms with Gasteiger partial charge >= 0.3 is 0 Å². The van der Waals surface area contributed by atoms with Gasteiger partial charge in [0.25, 0.3) is 11.5 Å². The predicted octanol–water partition coefficient (Wildman–Crippen LogP) is 5.41. The lowest BCUT2D eigenvalue weighted by atomic mass is 9.96. The van der Waals surface area contributed by atoms with Crippen LogP contribution in [0, 0.1) is 12.8 Å². The van der Waals surface area contributed by atoms with Gasteiger partial charge in [-0.3, -0.25) is 19.2 Å². The quantitative estimate of drug-likeness (QED) is 0.309. The van der Waals surface area contributed by atoms with Crippen LogP contribution in [0.1, 0.15) is 58.1 Å². The molecule has 1 aliphatic heterocycles. The predicted molar refractivity (Wildman–Crippen MR) is 162 cm³/mol. The molecule has 0 fully saturated rings. The highest BCUT2D eigenvalue weighted by Gasteiger charge is 2.39. The van der Waals surface area contributed by atoms with Crippen LogP contribution in [0.4, 0.5) is 0 Å². The van der Waals surface area contributed by atoms with E-state index in [1.165, 1.54) is 0 Å². The van der Waals surface area contributed by atoms with E-state index in [4.69, 9.17) is 10.7 Å². The number of carbonyl (C=O) groups excluding carboxylic acids is 1. The zero-order valence-corrected chi connectivity index (χ0v) is 25.4. The number of thioether (sulfide) groups is 1. The SMILES string of the molecule is Cc1ccc(C(=O)N(NCCN)C(c2nc3c(c(=O)n2Cc2ccc(Br)s2)SC2C=CC=CC32)C(C)C)cc1.